The molecule has 2 saturated heterocycles. The van der Waals surface area contributed by atoms with Crippen molar-refractivity contribution in [2.75, 3.05) is 44.7 Å². The lowest BCUT2D eigenvalue weighted by atomic mass is 9.91. The molecule has 3 unspecified atom stereocenters. The number of carbonyl (C=O) groups is 1. The zero-order valence-electron chi connectivity index (χ0n) is 17.8. The Bertz CT molecular complexity index is 826. The Morgan fingerprint density at radius 3 is 2.41 bits per heavy atom. The minimum Gasteiger partial charge on any atom is -0.379 e. The summed E-state index contributed by atoms with van der Waals surface area (Å²) < 4.78 is 32.8. The van der Waals surface area contributed by atoms with Crippen LogP contribution in [0.1, 0.15) is 32.8 Å². The van der Waals surface area contributed by atoms with Crippen molar-refractivity contribution in [1.29, 1.82) is 0 Å². The SMILES string of the molecule is Cc1ccc(NC(=O)C(C)N2CC(C)CC(C)C2)cc1S(=O)(=O)N1CCOCC1. The number of carbonyl (C=O) groups excluding carboxylic acids is 1. The fourth-order valence-electron chi connectivity index (χ4n) is 4.32. The smallest absolute Gasteiger partial charge is 0.243 e. The summed E-state index contributed by atoms with van der Waals surface area (Å²) in [6.07, 6.45) is 1.19. The van der Waals surface area contributed by atoms with Gasteiger partial charge in [0.2, 0.25) is 15.9 Å². The number of ether oxygens (including phenoxy) is 1. The van der Waals surface area contributed by atoms with Crippen LogP contribution in [-0.2, 0) is 19.6 Å². The summed E-state index contributed by atoms with van der Waals surface area (Å²) in [5.74, 6) is 1.03. The number of aryl methyl sites for hydroxylation is 1. The maximum absolute atomic E-state index is 13.0. The van der Waals surface area contributed by atoms with Crippen molar-refractivity contribution in [3.63, 3.8) is 0 Å². The Morgan fingerprint density at radius 2 is 1.79 bits per heavy atom. The molecule has 2 fully saturated rings. The van der Waals surface area contributed by atoms with E-state index >= 15 is 0 Å². The van der Waals surface area contributed by atoms with Crippen molar-refractivity contribution in [3.05, 3.63) is 23.8 Å². The molecule has 0 radical (unpaired) electrons. The molecule has 0 aliphatic carbocycles. The van der Waals surface area contributed by atoms with E-state index in [1.165, 1.54) is 10.7 Å². The summed E-state index contributed by atoms with van der Waals surface area (Å²) in [7, 11) is -3.61. The van der Waals surface area contributed by atoms with Gasteiger partial charge in [-0.05, 0) is 49.8 Å². The summed E-state index contributed by atoms with van der Waals surface area (Å²) in [5.41, 5.74) is 1.18. The van der Waals surface area contributed by atoms with Gasteiger partial charge in [0.15, 0.2) is 0 Å². The van der Waals surface area contributed by atoms with Gasteiger partial charge in [-0.2, -0.15) is 4.31 Å². The molecule has 8 heteroatoms. The van der Waals surface area contributed by atoms with E-state index < -0.39 is 10.0 Å². The van der Waals surface area contributed by atoms with E-state index in [1.807, 2.05) is 6.92 Å². The molecule has 0 spiro atoms. The normalized spacial score (nSPS) is 25.5. The van der Waals surface area contributed by atoms with Crippen LogP contribution in [-0.4, -0.2) is 69.0 Å². The van der Waals surface area contributed by atoms with Crippen LogP contribution in [0.15, 0.2) is 23.1 Å². The van der Waals surface area contributed by atoms with Crippen LogP contribution in [0.3, 0.4) is 0 Å². The topological polar surface area (TPSA) is 79.0 Å². The van der Waals surface area contributed by atoms with Crippen molar-refractivity contribution in [1.82, 2.24) is 9.21 Å². The molecular weight excluding hydrogens is 390 g/mol. The Balaban J connectivity index is 1.74. The number of likely N-dealkylation sites (tertiary alicyclic amines) is 1. The number of amides is 1. The summed E-state index contributed by atoms with van der Waals surface area (Å²) in [4.78, 5) is 15.3. The van der Waals surface area contributed by atoms with E-state index in [2.05, 4.69) is 24.1 Å². The lowest BCUT2D eigenvalue weighted by molar-refractivity contribution is -0.121. The van der Waals surface area contributed by atoms with Gasteiger partial charge in [-0.15, -0.1) is 0 Å². The van der Waals surface area contributed by atoms with Crippen molar-refractivity contribution < 1.29 is 17.9 Å². The lowest BCUT2D eigenvalue weighted by Crippen LogP contribution is -2.48. The van der Waals surface area contributed by atoms with Crippen LogP contribution in [0.4, 0.5) is 5.69 Å². The summed E-state index contributed by atoms with van der Waals surface area (Å²) in [6, 6.07) is 4.82. The fourth-order valence-corrected chi connectivity index (χ4v) is 5.98. The van der Waals surface area contributed by atoms with E-state index in [0.29, 0.717) is 49.4 Å². The number of nitrogens with zero attached hydrogens (tertiary/aromatic N) is 2. The molecule has 1 N–H and O–H groups in total. The third-order valence-corrected chi connectivity index (χ3v) is 7.91. The maximum atomic E-state index is 13.0. The molecule has 0 saturated carbocycles. The summed E-state index contributed by atoms with van der Waals surface area (Å²) in [6.45, 7) is 11.4. The van der Waals surface area contributed by atoms with Crippen LogP contribution in [0, 0.1) is 18.8 Å². The van der Waals surface area contributed by atoms with Crippen LogP contribution in [0.5, 0.6) is 0 Å². The predicted octanol–water partition coefficient (Wildman–Crippen LogP) is 2.32. The molecule has 0 aromatic heterocycles. The monoisotopic (exact) mass is 423 g/mol. The average Bonchev–Trinajstić information content (AvgIpc) is 2.68. The first-order valence-electron chi connectivity index (χ1n) is 10.4. The number of piperidine rings is 1. The molecule has 2 aliphatic heterocycles. The van der Waals surface area contributed by atoms with Gasteiger partial charge in [-0.25, -0.2) is 8.42 Å². The molecule has 29 heavy (non-hydrogen) atoms. The minimum atomic E-state index is -3.61. The third-order valence-electron chi connectivity index (χ3n) is 5.87. The van der Waals surface area contributed by atoms with Gasteiger partial charge in [0, 0.05) is 31.9 Å². The second-order valence-corrected chi connectivity index (χ2v) is 10.5. The van der Waals surface area contributed by atoms with Crippen molar-refractivity contribution >= 4 is 21.6 Å². The minimum absolute atomic E-state index is 0.107. The molecule has 1 aromatic carbocycles. The number of hydrogen-bond donors (Lipinski definition) is 1. The number of benzene rings is 1. The molecule has 1 aromatic rings. The first kappa shape index (κ1) is 22.2. The highest BCUT2D eigenvalue weighted by molar-refractivity contribution is 7.89. The van der Waals surface area contributed by atoms with Crippen molar-refractivity contribution in [2.45, 2.75) is 45.1 Å². The second kappa shape index (κ2) is 9.12. The largest absolute Gasteiger partial charge is 0.379 e. The van der Waals surface area contributed by atoms with Gasteiger partial charge in [0.25, 0.3) is 0 Å². The number of rotatable bonds is 5. The average molecular weight is 424 g/mol. The third kappa shape index (κ3) is 5.17. The van der Waals surface area contributed by atoms with Crippen LogP contribution in [0.2, 0.25) is 0 Å². The van der Waals surface area contributed by atoms with Crippen LogP contribution < -0.4 is 5.32 Å². The summed E-state index contributed by atoms with van der Waals surface area (Å²) >= 11 is 0. The molecular formula is C21H33N3O4S. The van der Waals surface area contributed by atoms with Crippen molar-refractivity contribution in [3.8, 4) is 0 Å². The van der Waals surface area contributed by atoms with Crippen LogP contribution >= 0.6 is 0 Å². The van der Waals surface area contributed by atoms with E-state index in [4.69, 9.17) is 4.74 Å². The zero-order valence-corrected chi connectivity index (χ0v) is 18.7. The maximum Gasteiger partial charge on any atom is 0.243 e. The van der Waals surface area contributed by atoms with E-state index in [0.717, 1.165) is 13.1 Å². The highest BCUT2D eigenvalue weighted by atomic mass is 32.2. The Hall–Kier alpha value is -1.48. The molecule has 162 valence electrons. The summed E-state index contributed by atoms with van der Waals surface area (Å²) in [5, 5.41) is 2.92. The van der Waals surface area contributed by atoms with Gasteiger partial charge in [-0.1, -0.05) is 19.9 Å². The number of sulfonamides is 1. The van der Waals surface area contributed by atoms with Gasteiger partial charge in [0.05, 0.1) is 24.2 Å². The molecule has 2 aliphatic rings. The molecule has 3 atom stereocenters. The molecule has 3 rings (SSSR count). The lowest BCUT2D eigenvalue weighted by Gasteiger charge is -2.38. The fraction of sp³-hybridized carbons (Fsp3) is 0.667. The highest BCUT2D eigenvalue weighted by Gasteiger charge is 2.30. The predicted molar refractivity (Wildman–Crippen MR) is 113 cm³/mol. The first-order chi connectivity index (χ1) is 13.7. The van der Waals surface area contributed by atoms with Gasteiger partial charge >= 0.3 is 0 Å². The molecule has 1 amide bonds. The second-order valence-electron chi connectivity index (χ2n) is 8.56. The molecule has 0 bridgehead atoms. The Kier molecular flexibility index (Phi) is 6.98. The molecule has 7 nitrogen and oxygen atoms in total. The Morgan fingerprint density at radius 1 is 1.17 bits per heavy atom. The van der Waals surface area contributed by atoms with E-state index in [1.54, 1.807) is 25.1 Å². The highest BCUT2D eigenvalue weighted by Crippen LogP contribution is 2.26. The zero-order chi connectivity index (χ0) is 21.2. The number of anilines is 1. The first-order valence-corrected chi connectivity index (χ1v) is 11.9. The van der Waals surface area contributed by atoms with E-state index in [-0.39, 0.29) is 16.8 Å². The number of nitrogens with one attached hydrogen (secondary N) is 1. The Labute approximate surface area is 174 Å². The van der Waals surface area contributed by atoms with Gasteiger partial charge in [0.1, 0.15) is 0 Å². The number of morpholine rings is 1. The van der Waals surface area contributed by atoms with Gasteiger partial charge < -0.3 is 10.1 Å². The molecule has 2 heterocycles. The van der Waals surface area contributed by atoms with E-state index in [9.17, 15) is 13.2 Å². The van der Waals surface area contributed by atoms with Crippen molar-refractivity contribution in [2.24, 2.45) is 11.8 Å². The quantitative estimate of drug-likeness (QED) is 0.786. The standard InChI is InChI=1S/C21H33N3O4S/c1-15-11-16(2)14-23(13-15)18(4)21(25)22-19-6-5-17(3)20(12-19)29(26,27)24-7-9-28-10-8-24/h5-6,12,15-16,18H,7-11,13-14H2,1-4H3,(H,22,25). The number of hydrogen-bond acceptors (Lipinski definition) is 5. The van der Waals surface area contributed by atoms with Crippen LogP contribution in [0.25, 0.3) is 0 Å². The van der Waals surface area contributed by atoms with Gasteiger partial charge in [-0.3, -0.25) is 9.69 Å².